The van der Waals surface area contributed by atoms with Crippen molar-refractivity contribution in [1.82, 2.24) is 5.32 Å². The minimum Gasteiger partial charge on any atom is -0.370 e. The molecule has 0 saturated carbocycles. The second-order valence-corrected chi connectivity index (χ2v) is 6.95. The number of anilines is 1. The number of amides is 2. The van der Waals surface area contributed by atoms with Crippen molar-refractivity contribution in [3.8, 4) is 0 Å². The van der Waals surface area contributed by atoms with Gasteiger partial charge in [-0.2, -0.15) is 8.78 Å². The van der Waals surface area contributed by atoms with Gasteiger partial charge in [0.15, 0.2) is 0 Å². The fraction of sp³-hybridized carbons (Fsp3) is 0.316. The molecular weight excluding hydrogens is 444 g/mol. The molecule has 0 fully saturated rings. The van der Waals surface area contributed by atoms with Crippen LogP contribution in [-0.4, -0.2) is 25.0 Å². The Morgan fingerprint density at radius 2 is 1.89 bits per heavy atom. The van der Waals surface area contributed by atoms with E-state index in [1.54, 1.807) is 18.2 Å². The smallest absolute Gasteiger partial charge is 0.330 e. The van der Waals surface area contributed by atoms with Crippen LogP contribution in [0, 0.1) is 0 Å². The van der Waals surface area contributed by atoms with Crippen LogP contribution >= 0.6 is 15.9 Å². The summed E-state index contributed by atoms with van der Waals surface area (Å²) in [5.41, 5.74) is 1.78. The van der Waals surface area contributed by atoms with E-state index in [0.717, 1.165) is 10.0 Å². The molecule has 0 aliphatic rings. The van der Waals surface area contributed by atoms with Crippen LogP contribution in [0.1, 0.15) is 24.1 Å². The minimum absolute atomic E-state index is 0.265. The second-order valence-electron chi connectivity index (χ2n) is 6.10. The lowest BCUT2D eigenvalue weighted by molar-refractivity contribution is -0.168. The number of carbonyl (C=O) groups excluding carboxylic acids is 1. The lowest BCUT2D eigenvalue weighted by Gasteiger charge is -2.17. The molecule has 1 atom stereocenters. The molecule has 2 aromatic rings. The van der Waals surface area contributed by atoms with Crippen LogP contribution in [0.3, 0.4) is 0 Å². The highest BCUT2D eigenvalue weighted by Crippen LogP contribution is 2.24. The zero-order chi connectivity index (χ0) is 20.7. The van der Waals surface area contributed by atoms with Crippen molar-refractivity contribution >= 4 is 27.6 Å². The lowest BCUT2D eigenvalue weighted by Crippen LogP contribution is -2.32. The number of ether oxygens (including phenoxy) is 1. The summed E-state index contributed by atoms with van der Waals surface area (Å²) in [5.74, 6) is -4.20. The molecule has 4 nitrogen and oxygen atoms in total. The molecule has 0 heterocycles. The van der Waals surface area contributed by atoms with E-state index in [9.17, 15) is 22.4 Å². The molecule has 0 aliphatic heterocycles. The van der Waals surface area contributed by atoms with Crippen LogP contribution in [0.2, 0.25) is 0 Å². The van der Waals surface area contributed by atoms with Gasteiger partial charge in [0.05, 0.1) is 12.6 Å². The molecule has 0 bridgehead atoms. The first kappa shape index (κ1) is 22.2. The molecule has 2 aromatic carbocycles. The van der Waals surface area contributed by atoms with E-state index in [1.807, 2.05) is 31.2 Å². The summed E-state index contributed by atoms with van der Waals surface area (Å²) in [4.78, 5) is 12.2. The Balaban J connectivity index is 1.89. The zero-order valence-electron chi connectivity index (χ0n) is 14.9. The SMILES string of the molecule is CC(NC(=O)Nc1cccc(COCC(F)(F)C(F)F)c1)c1ccccc1Br. The van der Waals surface area contributed by atoms with Gasteiger partial charge in [-0.05, 0) is 36.2 Å². The Morgan fingerprint density at radius 1 is 1.18 bits per heavy atom. The van der Waals surface area contributed by atoms with Crippen molar-refractivity contribution in [2.45, 2.75) is 31.9 Å². The number of benzene rings is 2. The van der Waals surface area contributed by atoms with Gasteiger partial charge in [-0.1, -0.05) is 46.3 Å². The molecule has 28 heavy (non-hydrogen) atoms. The summed E-state index contributed by atoms with van der Waals surface area (Å²) in [6, 6.07) is 13.0. The highest BCUT2D eigenvalue weighted by molar-refractivity contribution is 9.10. The molecule has 0 saturated heterocycles. The summed E-state index contributed by atoms with van der Waals surface area (Å²) in [6.45, 7) is 0.159. The number of hydrogen-bond acceptors (Lipinski definition) is 2. The van der Waals surface area contributed by atoms with Crippen LogP contribution in [0.25, 0.3) is 0 Å². The second kappa shape index (κ2) is 9.88. The fourth-order valence-corrected chi connectivity index (χ4v) is 3.00. The van der Waals surface area contributed by atoms with Crippen LogP contribution in [0.4, 0.5) is 28.0 Å². The summed E-state index contributed by atoms with van der Waals surface area (Å²) in [7, 11) is 0. The number of alkyl halides is 4. The van der Waals surface area contributed by atoms with Crippen molar-refractivity contribution in [3.05, 3.63) is 64.1 Å². The minimum atomic E-state index is -4.20. The Hall–Kier alpha value is -2.13. The molecular formula is C19H19BrF4N2O2. The van der Waals surface area contributed by atoms with E-state index >= 15 is 0 Å². The van der Waals surface area contributed by atoms with Crippen molar-refractivity contribution < 1.29 is 27.1 Å². The van der Waals surface area contributed by atoms with Gasteiger partial charge in [-0.15, -0.1) is 0 Å². The number of urea groups is 1. The highest BCUT2D eigenvalue weighted by Gasteiger charge is 2.40. The Kier molecular flexibility index (Phi) is 7.82. The molecule has 2 rings (SSSR count). The number of halogens is 5. The van der Waals surface area contributed by atoms with Gasteiger partial charge in [-0.25, -0.2) is 13.6 Å². The van der Waals surface area contributed by atoms with Crippen molar-refractivity contribution in [3.63, 3.8) is 0 Å². The lowest BCUT2D eigenvalue weighted by atomic mass is 10.1. The standard InChI is InChI=1S/C19H19BrF4N2O2/c1-12(15-7-2-3-8-16(15)20)25-18(27)26-14-6-4-5-13(9-14)10-28-11-19(23,24)17(21)22/h2-9,12,17H,10-11H2,1H3,(H2,25,26,27). The predicted molar refractivity (Wildman–Crippen MR) is 102 cm³/mol. The molecule has 9 heteroatoms. The maximum absolute atomic E-state index is 12.8. The Morgan fingerprint density at radius 3 is 2.57 bits per heavy atom. The van der Waals surface area contributed by atoms with E-state index in [1.165, 1.54) is 6.07 Å². The fourth-order valence-electron chi connectivity index (χ4n) is 2.37. The Labute approximate surface area is 168 Å². The largest absolute Gasteiger partial charge is 0.370 e. The third kappa shape index (κ3) is 6.49. The van der Waals surface area contributed by atoms with E-state index < -0.39 is 25.0 Å². The molecule has 0 spiro atoms. The number of carbonyl (C=O) groups is 1. The van der Waals surface area contributed by atoms with Gasteiger partial charge in [0.25, 0.3) is 0 Å². The predicted octanol–water partition coefficient (Wildman–Crippen LogP) is 5.75. The third-order valence-electron chi connectivity index (χ3n) is 3.79. The van der Waals surface area contributed by atoms with Crippen molar-refractivity contribution in [2.75, 3.05) is 11.9 Å². The number of hydrogen-bond donors (Lipinski definition) is 2. The molecule has 1 unspecified atom stereocenters. The van der Waals surface area contributed by atoms with Crippen LogP contribution in [0.5, 0.6) is 0 Å². The van der Waals surface area contributed by atoms with Gasteiger partial charge < -0.3 is 15.4 Å². The normalized spacial score (nSPS) is 12.7. The van der Waals surface area contributed by atoms with Crippen LogP contribution in [0.15, 0.2) is 53.0 Å². The van der Waals surface area contributed by atoms with Gasteiger partial charge >= 0.3 is 18.4 Å². The molecule has 152 valence electrons. The van der Waals surface area contributed by atoms with E-state index in [4.69, 9.17) is 0 Å². The maximum atomic E-state index is 12.8. The van der Waals surface area contributed by atoms with Crippen LogP contribution < -0.4 is 10.6 Å². The van der Waals surface area contributed by atoms with Gasteiger partial charge in [-0.3, -0.25) is 0 Å². The summed E-state index contributed by atoms with van der Waals surface area (Å²) in [5, 5.41) is 5.42. The first-order valence-corrected chi connectivity index (χ1v) is 9.13. The van der Waals surface area contributed by atoms with Gasteiger partial charge in [0.2, 0.25) is 0 Å². The molecule has 2 amide bonds. The average molecular weight is 463 g/mol. The topological polar surface area (TPSA) is 50.4 Å². The maximum Gasteiger partial charge on any atom is 0.330 e. The van der Waals surface area contributed by atoms with Gasteiger partial charge in [0.1, 0.15) is 6.61 Å². The average Bonchev–Trinajstić information content (AvgIpc) is 2.62. The quantitative estimate of drug-likeness (QED) is 0.490. The number of rotatable bonds is 8. The molecule has 2 N–H and O–H groups in total. The third-order valence-corrected chi connectivity index (χ3v) is 4.51. The van der Waals surface area contributed by atoms with Crippen molar-refractivity contribution in [1.29, 1.82) is 0 Å². The first-order chi connectivity index (χ1) is 13.2. The summed E-state index contributed by atoms with van der Waals surface area (Å²) < 4.78 is 55.5. The molecule has 0 aromatic heterocycles. The summed E-state index contributed by atoms with van der Waals surface area (Å²) >= 11 is 3.42. The summed E-state index contributed by atoms with van der Waals surface area (Å²) in [6.07, 6.45) is -3.78. The van der Waals surface area contributed by atoms with Crippen LogP contribution in [-0.2, 0) is 11.3 Å². The van der Waals surface area contributed by atoms with Gasteiger partial charge in [0, 0.05) is 10.2 Å². The first-order valence-electron chi connectivity index (χ1n) is 8.33. The van der Waals surface area contributed by atoms with E-state index in [-0.39, 0.29) is 12.6 Å². The van der Waals surface area contributed by atoms with E-state index in [2.05, 4.69) is 31.3 Å². The zero-order valence-corrected chi connectivity index (χ0v) is 16.5. The molecule has 0 radical (unpaired) electrons. The van der Waals surface area contributed by atoms with E-state index in [0.29, 0.717) is 11.3 Å². The van der Waals surface area contributed by atoms with Crippen molar-refractivity contribution in [2.24, 2.45) is 0 Å². The molecule has 0 aliphatic carbocycles. The monoisotopic (exact) mass is 462 g/mol. The number of nitrogens with one attached hydrogen (secondary N) is 2. The Bertz CT molecular complexity index is 805. The highest BCUT2D eigenvalue weighted by atomic mass is 79.9.